The van der Waals surface area contributed by atoms with Crippen LogP contribution >= 0.6 is 0 Å². The van der Waals surface area contributed by atoms with Gasteiger partial charge in [0.25, 0.3) is 0 Å². The molecule has 4 aromatic rings. The maximum Gasteiger partial charge on any atom is 2.00 e. The first kappa shape index (κ1) is 28.3. The molecule has 184 valence electrons. The third-order valence-electron chi connectivity index (χ3n) is 5.93. The Morgan fingerprint density at radius 3 is 1.26 bits per heavy atom. The number of benzene rings is 2. The van der Waals surface area contributed by atoms with Crippen molar-refractivity contribution in [3.05, 3.63) is 95.3 Å². The number of aromatic nitrogens is 2. The Balaban J connectivity index is 0.000000240. The number of nitrogens with zero attached hydrogens (tertiary/aromatic N) is 4. The molecule has 0 saturated heterocycles. The van der Waals surface area contributed by atoms with Crippen molar-refractivity contribution in [3.63, 3.8) is 0 Å². The van der Waals surface area contributed by atoms with Gasteiger partial charge in [0.2, 0.25) is 0 Å². The summed E-state index contributed by atoms with van der Waals surface area (Å²) in [6.45, 7) is 8.42. The molecule has 0 amide bonds. The normalized spacial score (nSPS) is 10.1. The van der Waals surface area contributed by atoms with Crippen LogP contribution in [0.3, 0.4) is 0 Å². The predicted octanol–water partition coefficient (Wildman–Crippen LogP) is 6.46. The van der Waals surface area contributed by atoms with Crippen LogP contribution in [0.2, 0.25) is 0 Å². The van der Waals surface area contributed by atoms with E-state index in [1.165, 1.54) is 22.3 Å². The van der Waals surface area contributed by atoms with E-state index in [1.807, 2.05) is 64.8 Å². The molecule has 4 nitrogen and oxygen atoms in total. The molecular weight excluding hydrogens is 611 g/mol. The van der Waals surface area contributed by atoms with Gasteiger partial charge in [-0.2, -0.15) is 0 Å². The number of aryl methyl sites for hydroxylation is 4. The summed E-state index contributed by atoms with van der Waals surface area (Å²) in [5.41, 5.74) is 11.4. The van der Waals surface area contributed by atoms with E-state index < -0.39 is 0 Å². The average molecular weight is 646 g/mol. The Morgan fingerprint density at radius 2 is 0.943 bits per heavy atom. The fraction of sp³-hybridized carbons (Fsp3) is 0.267. The van der Waals surface area contributed by atoms with Crippen molar-refractivity contribution in [1.29, 1.82) is 0 Å². The number of hydrogen-bond donors (Lipinski definition) is 0. The summed E-state index contributed by atoms with van der Waals surface area (Å²) >= 11 is 0. The third kappa shape index (κ3) is 7.50. The molecule has 0 aliphatic carbocycles. The second-order valence-electron chi connectivity index (χ2n) is 9.01. The van der Waals surface area contributed by atoms with Crippen LogP contribution < -0.4 is 9.80 Å². The SMILES string of the molecule is Cc1c[c-]c(-c2cc(N(C)C)ccn2)cc1C.Cc1c[c-]c(-c2cc(N(C)C)ccn2)cc1C.[Pt+2]. The zero-order valence-electron chi connectivity index (χ0n) is 21.9. The van der Waals surface area contributed by atoms with Crippen molar-refractivity contribution in [1.82, 2.24) is 9.97 Å². The number of pyridine rings is 2. The van der Waals surface area contributed by atoms with Crippen LogP contribution in [-0.2, 0) is 21.1 Å². The summed E-state index contributed by atoms with van der Waals surface area (Å²) < 4.78 is 0. The van der Waals surface area contributed by atoms with Gasteiger partial charge in [-0.25, -0.2) is 0 Å². The van der Waals surface area contributed by atoms with Crippen molar-refractivity contribution in [3.8, 4) is 22.5 Å². The fourth-order valence-electron chi connectivity index (χ4n) is 3.33. The summed E-state index contributed by atoms with van der Waals surface area (Å²) in [5, 5.41) is 0. The molecule has 0 bridgehead atoms. The molecule has 2 aromatic carbocycles. The smallest absolute Gasteiger partial charge is 0.378 e. The van der Waals surface area contributed by atoms with Gasteiger partial charge in [0.1, 0.15) is 0 Å². The first-order chi connectivity index (χ1) is 16.2. The zero-order valence-corrected chi connectivity index (χ0v) is 24.2. The van der Waals surface area contributed by atoms with Crippen LogP contribution in [-0.4, -0.2) is 38.2 Å². The van der Waals surface area contributed by atoms with E-state index >= 15 is 0 Å². The molecule has 0 unspecified atom stereocenters. The number of hydrogen-bond acceptors (Lipinski definition) is 4. The Bertz CT molecular complexity index is 1170. The fourth-order valence-corrected chi connectivity index (χ4v) is 3.33. The van der Waals surface area contributed by atoms with Crippen molar-refractivity contribution < 1.29 is 21.1 Å². The minimum absolute atomic E-state index is 0. The van der Waals surface area contributed by atoms with Gasteiger partial charge in [0.15, 0.2) is 0 Å². The van der Waals surface area contributed by atoms with Gasteiger partial charge in [-0.05, 0) is 23.5 Å². The Morgan fingerprint density at radius 1 is 0.571 bits per heavy atom. The molecule has 2 heterocycles. The minimum atomic E-state index is 0. The van der Waals surface area contributed by atoms with E-state index in [0.29, 0.717) is 0 Å². The molecule has 0 spiro atoms. The maximum absolute atomic E-state index is 4.40. The maximum atomic E-state index is 4.40. The first-order valence-electron chi connectivity index (χ1n) is 11.4. The third-order valence-corrected chi connectivity index (χ3v) is 5.93. The number of rotatable bonds is 4. The van der Waals surface area contributed by atoms with Crippen LogP contribution in [0.15, 0.2) is 60.9 Å². The van der Waals surface area contributed by atoms with Gasteiger partial charge >= 0.3 is 21.1 Å². The van der Waals surface area contributed by atoms with E-state index in [2.05, 4.69) is 83.9 Å². The second-order valence-corrected chi connectivity index (χ2v) is 9.01. The molecule has 0 N–H and O–H groups in total. The molecule has 0 saturated carbocycles. The molecular formula is C30H34N4Pt. The van der Waals surface area contributed by atoms with E-state index in [9.17, 15) is 0 Å². The summed E-state index contributed by atoms with van der Waals surface area (Å²) in [7, 11) is 8.12. The van der Waals surface area contributed by atoms with Crippen molar-refractivity contribution in [2.24, 2.45) is 0 Å². The number of anilines is 2. The van der Waals surface area contributed by atoms with Crippen LogP contribution in [0.4, 0.5) is 11.4 Å². The Kier molecular flexibility index (Phi) is 10.2. The quantitative estimate of drug-likeness (QED) is 0.239. The first-order valence-corrected chi connectivity index (χ1v) is 11.4. The summed E-state index contributed by atoms with van der Waals surface area (Å²) in [4.78, 5) is 13.0. The van der Waals surface area contributed by atoms with Crippen LogP contribution in [0.25, 0.3) is 22.5 Å². The monoisotopic (exact) mass is 645 g/mol. The molecule has 4 rings (SSSR count). The summed E-state index contributed by atoms with van der Waals surface area (Å²) in [6, 6.07) is 23.1. The summed E-state index contributed by atoms with van der Waals surface area (Å²) in [5.74, 6) is 0. The van der Waals surface area contributed by atoms with Gasteiger partial charge < -0.3 is 19.8 Å². The van der Waals surface area contributed by atoms with Crippen LogP contribution in [0, 0.1) is 39.8 Å². The molecule has 0 aliphatic rings. The van der Waals surface area contributed by atoms with Crippen molar-refractivity contribution in [2.45, 2.75) is 27.7 Å². The topological polar surface area (TPSA) is 32.3 Å². The van der Waals surface area contributed by atoms with Crippen molar-refractivity contribution >= 4 is 11.4 Å². The van der Waals surface area contributed by atoms with Gasteiger partial charge in [0.05, 0.1) is 0 Å². The Hall–Kier alpha value is -2.97. The summed E-state index contributed by atoms with van der Waals surface area (Å²) in [6.07, 6.45) is 3.68. The molecule has 2 aromatic heterocycles. The second kappa shape index (κ2) is 12.7. The molecule has 5 heteroatoms. The zero-order chi connectivity index (χ0) is 24.8. The van der Waals surface area contributed by atoms with Gasteiger partial charge in [0, 0.05) is 52.0 Å². The van der Waals surface area contributed by atoms with Gasteiger partial charge in [-0.1, -0.05) is 39.8 Å². The molecule has 35 heavy (non-hydrogen) atoms. The Labute approximate surface area is 225 Å². The molecule has 0 fully saturated rings. The van der Waals surface area contributed by atoms with Gasteiger partial charge in [-0.3, -0.25) is 0 Å². The molecule has 0 aliphatic heterocycles. The van der Waals surface area contributed by atoms with E-state index in [4.69, 9.17) is 0 Å². The molecule has 0 radical (unpaired) electrons. The van der Waals surface area contributed by atoms with Crippen LogP contribution in [0.5, 0.6) is 0 Å². The predicted molar refractivity (Wildman–Crippen MR) is 145 cm³/mol. The molecule has 0 atom stereocenters. The van der Waals surface area contributed by atoms with E-state index in [-0.39, 0.29) is 21.1 Å². The minimum Gasteiger partial charge on any atom is -0.378 e. The standard InChI is InChI=1S/2C15H17N2.Pt/c2*1-11-5-6-13(9-12(11)2)15-10-14(17(3)4)7-8-16-15;/h2*5,7-10H,1-4H3;/q2*-1;+2. The average Bonchev–Trinajstić information content (AvgIpc) is 2.83. The van der Waals surface area contributed by atoms with Crippen molar-refractivity contribution in [2.75, 3.05) is 38.0 Å². The largest absolute Gasteiger partial charge is 2.00 e. The van der Waals surface area contributed by atoms with E-state index in [0.717, 1.165) is 33.9 Å². The van der Waals surface area contributed by atoms with E-state index in [1.54, 1.807) is 0 Å². The van der Waals surface area contributed by atoms with Gasteiger partial charge in [-0.15, -0.1) is 69.8 Å². The van der Waals surface area contributed by atoms with Crippen LogP contribution in [0.1, 0.15) is 22.3 Å².